The van der Waals surface area contributed by atoms with E-state index in [-0.39, 0.29) is 12.2 Å². The highest BCUT2D eigenvalue weighted by atomic mass is 16.4. The molecule has 1 aliphatic rings. The molecule has 0 saturated carbocycles. The second-order valence-electron chi connectivity index (χ2n) is 3.52. The Morgan fingerprint density at radius 1 is 1.57 bits per heavy atom. The number of Topliss-reactive ketones (excluding diaryl/α,β-unsaturated/α-hetero) is 1. The molecule has 0 fully saturated rings. The molecule has 2 N–H and O–H groups in total. The molecular formula is C9H10N2O3. The summed E-state index contributed by atoms with van der Waals surface area (Å²) in [6, 6.07) is 0. The van der Waals surface area contributed by atoms with Gasteiger partial charge in [0.15, 0.2) is 5.78 Å². The Morgan fingerprint density at radius 2 is 2.29 bits per heavy atom. The van der Waals surface area contributed by atoms with Crippen molar-refractivity contribution >= 4 is 11.8 Å². The third-order valence-electron chi connectivity index (χ3n) is 2.39. The second-order valence-corrected chi connectivity index (χ2v) is 3.52. The molecule has 1 atom stereocenters. The van der Waals surface area contributed by atoms with Crippen molar-refractivity contribution in [2.75, 3.05) is 0 Å². The van der Waals surface area contributed by atoms with E-state index in [2.05, 4.69) is 9.97 Å². The molecule has 0 aromatic carbocycles. The minimum atomic E-state index is -0.920. The van der Waals surface area contributed by atoms with Crippen molar-refractivity contribution in [2.45, 2.75) is 19.8 Å². The molecule has 1 aliphatic carbocycles. The zero-order valence-electron chi connectivity index (χ0n) is 7.70. The number of carboxylic acids is 1. The van der Waals surface area contributed by atoms with E-state index in [0.29, 0.717) is 23.6 Å². The van der Waals surface area contributed by atoms with Gasteiger partial charge in [-0.25, -0.2) is 4.98 Å². The Balaban J connectivity index is 2.37. The molecule has 14 heavy (non-hydrogen) atoms. The molecule has 2 rings (SSSR count). The van der Waals surface area contributed by atoms with Gasteiger partial charge in [0.1, 0.15) is 11.5 Å². The SMILES string of the molecule is Cc1nc2c([nH]1)CC(C(=O)O)CC2=O. The lowest BCUT2D eigenvalue weighted by molar-refractivity contribution is -0.141. The van der Waals surface area contributed by atoms with Gasteiger partial charge in [0.05, 0.1) is 5.92 Å². The van der Waals surface area contributed by atoms with Gasteiger partial charge in [-0.3, -0.25) is 9.59 Å². The molecule has 0 amide bonds. The number of fused-ring (bicyclic) bond motifs is 1. The van der Waals surface area contributed by atoms with Gasteiger partial charge in [-0.2, -0.15) is 0 Å². The smallest absolute Gasteiger partial charge is 0.307 e. The fourth-order valence-corrected chi connectivity index (χ4v) is 1.73. The number of carbonyl (C=O) groups is 2. The van der Waals surface area contributed by atoms with Gasteiger partial charge in [-0.05, 0) is 6.92 Å². The van der Waals surface area contributed by atoms with Crippen molar-refractivity contribution in [1.29, 1.82) is 0 Å². The number of aromatic nitrogens is 2. The standard InChI is InChI=1S/C9H10N2O3/c1-4-10-6-2-5(9(13)14)3-7(12)8(6)11-4/h5H,2-3H2,1H3,(H,10,11)(H,13,14). The van der Waals surface area contributed by atoms with Crippen molar-refractivity contribution in [3.05, 3.63) is 17.2 Å². The summed E-state index contributed by atoms with van der Waals surface area (Å²) in [6.45, 7) is 1.75. The third-order valence-corrected chi connectivity index (χ3v) is 2.39. The fraction of sp³-hybridized carbons (Fsp3) is 0.444. The minimum Gasteiger partial charge on any atom is -0.481 e. The van der Waals surface area contributed by atoms with Crippen LogP contribution in [0.4, 0.5) is 0 Å². The average molecular weight is 194 g/mol. The number of carbonyl (C=O) groups excluding carboxylic acids is 1. The first-order chi connectivity index (χ1) is 6.58. The quantitative estimate of drug-likeness (QED) is 0.683. The lowest BCUT2D eigenvalue weighted by atomic mass is 9.89. The summed E-state index contributed by atoms with van der Waals surface area (Å²) in [6.07, 6.45) is 0.434. The monoisotopic (exact) mass is 194 g/mol. The molecule has 74 valence electrons. The molecule has 0 aliphatic heterocycles. The van der Waals surface area contributed by atoms with Crippen LogP contribution >= 0.6 is 0 Å². The van der Waals surface area contributed by atoms with Gasteiger partial charge in [-0.15, -0.1) is 0 Å². The van der Waals surface area contributed by atoms with Crippen LogP contribution in [0.2, 0.25) is 0 Å². The maximum absolute atomic E-state index is 11.5. The number of aliphatic carboxylic acids is 1. The predicted octanol–water partition coefficient (Wildman–Crippen LogP) is 0.548. The van der Waals surface area contributed by atoms with Crippen LogP contribution in [0.15, 0.2) is 0 Å². The third kappa shape index (κ3) is 1.30. The summed E-state index contributed by atoms with van der Waals surface area (Å²) in [5.74, 6) is -1.04. The van der Waals surface area contributed by atoms with E-state index >= 15 is 0 Å². The number of aryl methyl sites for hydroxylation is 1. The van der Waals surface area contributed by atoms with Crippen LogP contribution in [-0.2, 0) is 11.2 Å². The summed E-state index contributed by atoms with van der Waals surface area (Å²) < 4.78 is 0. The molecule has 0 radical (unpaired) electrons. The Kier molecular flexibility index (Phi) is 1.87. The van der Waals surface area contributed by atoms with E-state index in [1.54, 1.807) is 6.92 Å². The summed E-state index contributed by atoms with van der Waals surface area (Å²) in [7, 11) is 0. The van der Waals surface area contributed by atoms with E-state index in [9.17, 15) is 9.59 Å². The van der Waals surface area contributed by atoms with Crippen LogP contribution in [0.1, 0.15) is 28.4 Å². The van der Waals surface area contributed by atoms with E-state index < -0.39 is 11.9 Å². The van der Waals surface area contributed by atoms with Gasteiger partial charge in [0.2, 0.25) is 0 Å². The van der Waals surface area contributed by atoms with Crippen molar-refractivity contribution < 1.29 is 14.7 Å². The number of imidazole rings is 1. The largest absolute Gasteiger partial charge is 0.481 e. The van der Waals surface area contributed by atoms with Gasteiger partial charge < -0.3 is 10.1 Å². The van der Waals surface area contributed by atoms with Gasteiger partial charge in [0.25, 0.3) is 0 Å². The number of ketones is 1. The molecule has 0 saturated heterocycles. The highest BCUT2D eigenvalue weighted by Crippen LogP contribution is 2.23. The lowest BCUT2D eigenvalue weighted by Gasteiger charge is -2.15. The molecule has 1 unspecified atom stereocenters. The number of carboxylic acid groups (broad SMARTS) is 1. The Labute approximate surface area is 80.2 Å². The lowest BCUT2D eigenvalue weighted by Crippen LogP contribution is -2.26. The molecule has 5 heteroatoms. The topological polar surface area (TPSA) is 83.1 Å². The predicted molar refractivity (Wildman–Crippen MR) is 47.1 cm³/mol. The second kappa shape index (κ2) is 2.94. The summed E-state index contributed by atoms with van der Waals surface area (Å²) in [5.41, 5.74) is 1.08. The van der Waals surface area contributed by atoms with Crippen LogP contribution in [0.25, 0.3) is 0 Å². The zero-order valence-corrected chi connectivity index (χ0v) is 7.70. The first-order valence-corrected chi connectivity index (χ1v) is 4.39. The molecule has 0 spiro atoms. The van der Waals surface area contributed by atoms with Crippen LogP contribution in [0, 0.1) is 12.8 Å². The van der Waals surface area contributed by atoms with Crippen molar-refractivity contribution in [1.82, 2.24) is 9.97 Å². The number of hydrogen-bond acceptors (Lipinski definition) is 3. The molecule has 1 heterocycles. The van der Waals surface area contributed by atoms with Crippen molar-refractivity contribution in [3.8, 4) is 0 Å². The normalized spacial score (nSPS) is 20.6. The number of hydrogen-bond donors (Lipinski definition) is 2. The summed E-state index contributed by atoms with van der Waals surface area (Å²) in [5, 5.41) is 8.80. The van der Waals surface area contributed by atoms with Crippen molar-refractivity contribution in [3.63, 3.8) is 0 Å². The number of nitrogens with one attached hydrogen (secondary N) is 1. The number of nitrogens with zero attached hydrogens (tertiary/aromatic N) is 1. The first kappa shape index (κ1) is 8.93. The van der Waals surface area contributed by atoms with E-state index in [1.165, 1.54) is 0 Å². The molecule has 1 aromatic heterocycles. The molecular weight excluding hydrogens is 184 g/mol. The van der Waals surface area contributed by atoms with Crippen LogP contribution < -0.4 is 0 Å². The number of aromatic amines is 1. The van der Waals surface area contributed by atoms with E-state index in [1.807, 2.05) is 0 Å². The van der Waals surface area contributed by atoms with Gasteiger partial charge in [-0.1, -0.05) is 0 Å². The van der Waals surface area contributed by atoms with Gasteiger partial charge >= 0.3 is 5.97 Å². The minimum absolute atomic E-state index is 0.0621. The molecule has 5 nitrogen and oxygen atoms in total. The fourth-order valence-electron chi connectivity index (χ4n) is 1.73. The van der Waals surface area contributed by atoms with Crippen LogP contribution in [0.3, 0.4) is 0 Å². The van der Waals surface area contributed by atoms with Gasteiger partial charge in [0, 0.05) is 18.5 Å². The van der Waals surface area contributed by atoms with Crippen LogP contribution in [0.5, 0.6) is 0 Å². The molecule has 1 aromatic rings. The van der Waals surface area contributed by atoms with E-state index in [0.717, 1.165) is 0 Å². The Hall–Kier alpha value is -1.65. The highest BCUT2D eigenvalue weighted by Gasteiger charge is 2.31. The Morgan fingerprint density at radius 3 is 2.93 bits per heavy atom. The summed E-state index contributed by atoms with van der Waals surface area (Å²) >= 11 is 0. The number of H-pyrrole nitrogens is 1. The average Bonchev–Trinajstić information content (AvgIpc) is 2.45. The maximum Gasteiger partial charge on any atom is 0.307 e. The highest BCUT2D eigenvalue weighted by molar-refractivity contribution is 5.99. The Bertz CT molecular complexity index is 408. The van der Waals surface area contributed by atoms with Crippen molar-refractivity contribution in [2.24, 2.45) is 5.92 Å². The zero-order chi connectivity index (χ0) is 10.3. The first-order valence-electron chi connectivity index (χ1n) is 4.39. The van der Waals surface area contributed by atoms with E-state index in [4.69, 9.17) is 5.11 Å². The maximum atomic E-state index is 11.5. The molecule has 0 bridgehead atoms. The summed E-state index contributed by atoms with van der Waals surface area (Å²) in [4.78, 5) is 29.1. The number of rotatable bonds is 1. The van der Waals surface area contributed by atoms with Crippen LogP contribution in [-0.4, -0.2) is 26.8 Å².